The van der Waals surface area contributed by atoms with E-state index < -0.39 is 0 Å². The zero-order chi connectivity index (χ0) is 10.5. The Hall–Kier alpha value is 0.910. The SMILES string of the molecule is C1CCC2C(C1)NC1CC3SSNC3CC12.Cl. The highest BCUT2D eigenvalue weighted by atomic mass is 35.5. The summed E-state index contributed by atoms with van der Waals surface area (Å²) in [7, 11) is 3.96. The van der Waals surface area contributed by atoms with Crippen LogP contribution in [0.3, 0.4) is 0 Å². The molecule has 2 aliphatic carbocycles. The molecule has 17 heavy (non-hydrogen) atoms. The highest BCUT2D eigenvalue weighted by Gasteiger charge is 2.50. The molecule has 6 unspecified atom stereocenters. The first-order chi connectivity index (χ1) is 7.92. The van der Waals surface area contributed by atoms with Crippen LogP contribution >= 0.6 is 34.2 Å². The Balaban J connectivity index is 0.000000902. The molecule has 2 saturated carbocycles. The number of rotatable bonds is 0. The fourth-order valence-electron chi connectivity index (χ4n) is 4.40. The van der Waals surface area contributed by atoms with E-state index in [1.807, 2.05) is 11.0 Å². The maximum atomic E-state index is 3.96. The third-order valence-corrected chi connectivity index (χ3v) is 7.73. The molecule has 6 atom stereocenters. The minimum Gasteiger partial charge on any atom is -0.311 e. The van der Waals surface area contributed by atoms with Gasteiger partial charge in [-0.15, -0.1) is 12.4 Å². The number of hydrogen-bond acceptors (Lipinski definition) is 4. The maximum absolute atomic E-state index is 3.96. The quantitative estimate of drug-likeness (QED) is 0.529. The van der Waals surface area contributed by atoms with Crippen LogP contribution < -0.4 is 10.0 Å². The van der Waals surface area contributed by atoms with Gasteiger partial charge in [-0.3, -0.25) is 4.72 Å². The Morgan fingerprint density at radius 2 is 1.76 bits per heavy atom. The van der Waals surface area contributed by atoms with Crippen LogP contribution in [0.5, 0.6) is 0 Å². The van der Waals surface area contributed by atoms with Crippen molar-refractivity contribution in [1.82, 2.24) is 10.0 Å². The second-order valence-corrected chi connectivity index (χ2v) is 8.18. The van der Waals surface area contributed by atoms with Crippen LogP contribution in [0.15, 0.2) is 0 Å². The second kappa shape index (κ2) is 5.12. The van der Waals surface area contributed by atoms with E-state index in [1.54, 1.807) is 0 Å². The molecule has 5 heteroatoms. The fourth-order valence-corrected chi connectivity index (χ4v) is 7.19. The normalized spacial score (nSPS) is 52.2. The minimum absolute atomic E-state index is 0. The molecule has 4 aliphatic rings. The third kappa shape index (κ3) is 2.14. The van der Waals surface area contributed by atoms with Crippen molar-refractivity contribution >= 4 is 34.2 Å². The molecule has 4 fully saturated rings. The lowest BCUT2D eigenvalue weighted by Crippen LogP contribution is -2.44. The first kappa shape index (κ1) is 12.9. The molecule has 2 heterocycles. The van der Waals surface area contributed by atoms with Gasteiger partial charge in [-0.1, -0.05) is 23.6 Å². The lowest BCUT2D eigenvalue weighted by Gasteiger charge is -2.36. The summed E-state index contributed by atoms with van der Waals surface area (Å²) in [6, 6.07) is 2.53. The van der Waals surface area contributed by atoms with E-state index in [0.29, 0.717) is 0 Å². The molecule has 2 saturated heterocycles. The Morgan fingerprint density at radius 3 is 2.71 bits per heavy atom. The van der Waals surface area contributed by atoms with Gasteiger partial charge in [0.25, 0.3) is 0 Å². The molecule has 2 aliphatic heterocycles. The summed E-state index contributed by atoms with van der Waals surface area (Å²) in [5, 5.41) is 4.83. The van der Waals surface area contributed by atoms with Crippen molar-refractivity contribution in [3.8, 4) is 0 Å². The maximum Gasteiger partial charge on any atom is 0.0341 e. The van der Waals surface area contributed by atoms with E-state index >= 15 is 0 Å². The molecule has 0 aromatic heterocycles. The number of halogens is 1. The van der Waals surface area contributed by atoms with Gasteiger partial charge < -0.3 is 5.32 Å². The molecular weight excluding hydrogens is 272 g/mol. The smallest absolute Gasteiger partial charge is 0.0341 e. The lowest BCUT2D eigenvalue weighted by atomic mass is 9.72. The van der Waals surface area contributed by atoms with Crippen molar-refractivity contribution in [2.24, 2.45) is 11.8 Å². The number of fused-ring (bicyclic) bond motifs is 4. The molecule has 4 rings (SSSR count). The molecule has 98 valence electrons. The number of hydrogen-bond donors (Lipinski definition) is 2. The van der Waals surface area contributed by atoms with Crippen LogP contribution in [0.1, 0.15) is 38.5 Å². The van der Waals surface area contributed by atoms with E-state index in [1.165, 1.54) is 38.5 Å². The van der Waals surface area contributed by atoms with Gasteiger partial charge in [0.1, 0.15) is 0 Å². The zero-order valence-corrected chi connectivity index (χ0v) is 12.4. The van der Waals surface area contributed by atoms with Gasteiger partial charge in [-0.2, -0.15) is 0 Å². The van der Waals surface area contributed by atoms with Crippen molar-refractivity contribution < 1.29 is 0 Å². The highest BCUT2D eigenvalue weighted by molar-refractivity contribution is 8.76. The minimum atomic E-state index is 0. The summed E-state index contributed by atoms with van der Waals surface area (Å²) < 4.78 is 3.62. The molecule has 0 spiro atoms. The Bertz CT molecular complexity index is 292. The summed E-state index contributed by atoms with van der Waals surface area (Å²) in [5.41, 5.74) is 0. The van der Waals surface area contributed by atoms with Gasteiger partial charge in [0, 0.05) is 23.4 Å². The van der Waals surface area contributed by atoms with Gasteiger partial charge in [0.2, 0.25) is 0 Å². The molecule has 0 aromatic rings. The molecule has 0 aromatic carbocycles. The van der Waals surface area contributed by atoms with Crippen LogP contribution in [0.4, 0.5) is 0 Å². The Labute approximate surface area is 118 Å². The predicted molar refractivity (Wildman–Crippen MR) is 78.5 cm³/mol. The van der Waals surface area contributed by atoms with Crippen LogP contribution in [0.2, 0.25) is 0 Å². The highest BCUT2D eigenvalue weighted by Crippen LogP contribution is 2.50. The van der Waals surface area contributed by atoms with Crippen LogP contribution in [-0.2, 0) is 0 Å². The fraction of sp³-hybridized carbons (Fsp3) is 1.00. The van der Waals surface area contributed by atoms with Crippen LogP contribution in [0, 0.1) is 11.8 Å². The summed E-state index contributed by atoms with van der Waals surface area (Å²) >= 11 is 0. The van der Waals surface area contributed by atoms with E-state index in [9.17, 15) is 0 Å². The predicted octanol–water partition coefficient (Wildman–Crippen LogP) is 2.99. The van der Waals surface area contributed by atoms with Gasteiger partial charge in [-0.05, 0) is 48.5 Å². The summed E-state index contributed by atoms with van der Waals surface area (Å²) in [4.78, 5) is 0. The zero-order valence-electron chi connectivity index (χ0n) is 9.93. The molecule has 2 nitrogen and oxygen atoms in total. The van der Waals surface area contributed by atoms with Crippen LogP contribution in [0.25, 0.3) is 0 Å². The van der Waals surface area contributed by atoms with Gasteiger partial charge in [0.05, 0.1) is 0 Å². The Morgan fingerprint density at radius 1 is 0.882 bits per heavy atom. The van der Waals surface area contributed by atoms with Gasteiger partial charge in [0.15, 0.2) is 0 Å². The molecule has 0 radical (unpaired) electrons. The van der Waals surface area contributed by atoms with Crippen molar-refractivity contribution in [2.75, 3.05) is 0 Å². The second-order valence-electron chi connectivity index (χ2n) is 5.91. The lowest BCUT2D eigenvalue weighted by molar-refractivity contribution is 0.217. The summed E-state index contributed by atoms with van der Waals surface area (Å²) in [6.07, 6.45) is 8.73. The average molecular weight is 293 g/mol. The molecule has 2 N–H and O–H groups in total. The van der Waals surface area contributed by atoms with E-state index in [2.05, 4.69) is 20.8 Å². The van der Waals surface area contributed by atoms with E-state index in [4.69, 9.17) is 0 Å². The van der Waals surface area contributed by atoms with E-state index in [-0.39, 0.29) is 12.4 Å². The van der Waals surface area contributed by atoms with E-state index in [0.717, 1.165) is 35.2 Å². The van der Waals surface area contributed by atoms with Crippen molar-refractivity contribution in [3.63, 3.8) is 0 Å². The van der Waals surface area contributed by atoms with Gasteiger partial charge in [-0.25, -0.2) is 0 Å². The monoisotopic (exact) mass is 292 g/mol. The van der Waals surface area contributed by atoms with Crippen molar-refractivity contribution in [2.45, 2.75) is 61.9 Å². The van der Waals surface area contributed by atoms with Crippen molar-refractivity contribution in [3.05, 3.63) is 0 Å². The van der Waals surface area contributed by atoms with Crippen LogP contribution in [-0.4, -0.2) is 23.4 Å². The Kier molecular flexibility index (Phi) is 3.89. The topological polar surface area (TPSA) is 24.1 Å². The largest absolute Gasteiger partial charge is 0.311 e. The number of nitrogens with one attached hydrogen (secondary N) is 2. The third-order valence-electron chi connectivity index (χ3n) is 5.15. The summed E-state index contributed by atoms with van der Waals surface area (Å²) in [6.45, 7) is 0. The average Bonchev–Trinajstić information content (AvgIpc) is 2.88. The molecule has 0 bridgehead atoms. The van der Waals surface area contributed by atoms with Gasteiger partial charge >= 0.3 is 0 Å². The van der Waals surface area contributed by atoms with Crippen molar-refractivity contribution in [1.29, 1.82) is 0 Å². The standard InChI is InChI=1S/C12H20N2S2.ClH/c1-2-4-9-7(3-1)8-5-11-12(15-16-14-11)6-10(8)13-9;/h7-14H,1-6H2;1H. The summed E-state index contributed by atoms with van der Waals surface area (Å²) in [5.74, 6) is 2.00. The molecule has 0 amide bonds. The first-order valence-corrected chi connectivity index (χ1v) is 8.97. The molecular formula is C12H21ClN2S2. The first-order valence-electron chi connectivity index (χ1n) is 6.76.